The van der Waals surface area contributed by atoms with Crippen molar-refractivity contribution in [1.29, 1.82) is 0 Å². The molecule has 1 fully saturated rings. The molecule has 3 aromatic rings. The van der Waals surface area contributed by atoms with E-state index in [4.69, 9.17) is 4.74 Å². The number of aryl methyl sites for hydroxylation is 1. The Morgan fingerprint density at radius 2 is 2.00 bits per heavy atom. The smallest absolute Gasteiger partial charge is 0.291 e. The third-order valence-corrected chi connectivity index (χ3v) is 5.63. The van der Waals surface area contributed by atoms with Gasteiger partial charge in [-0.1, -0.05) is 18.2 Å². The second-order valence-corrected chi connectivity index (χ2v) is 7.50. The Hall–Kier alpha value is -2.71. The molecule has 1 N–H and O–H groups in total. The van der Waals surface area contributed by atoms with Crippen molar-refractivity contribution in [1.82, 2.24) is 24.6 Å². The lowest BCUT2D eigenvalue weighted by molar-refractivity contribution is -0.123. The topological polar surface area (TPSA) is 81.4 Å². The molecule has 8 heteroatoms. The van der Waals surface area contributed by atoms with Crippen molar-refractivity contribution in [2.45, 2.75) is 19.4 Å². The van der Waals surface area contributed by atoms with Crippen LogP contribution in [0.1, 0.15) is 19.4 Å². The lowest BCUT2D eigenvalue weighted by Crippen LogP contribution is -2.39. The molecule has 1 aliphatic rings. The van der Waals surface area contributed by atoms with Crippen LogP contribution in [0.3, 0.4) is 0 Å². The SMILES string of the molecule is C[C@@H](C(=O)NCCCN1CCOCC1)n1c2ccccc2c2cnn(C)c(=O)c21. The van der Waals surface area contributed by atoms with Gasteiger partial charge >= 0.3 is 0 Å². The quantitative estimate of drug-likeness (QED) is 0.634. The molecule has 0 aliphatic carbocycles. The van der Waals surface area contributed by atoms with Crippen LogP contribution in [0.15, 0.2) is 35.3 Å². The largest absolute Gasteiger partial charge is 0.379 e. The number of para-hydroxylation sites is 1. The maximum atomic E-state index is 12.9. The summed E-state index contributed by atoms with van der Waals surface area (Å²) < 4.78 is 8.51. The van der Waals surface area contributed by atoms with Crippen LogP contribution >= 0.6 is 0 Å². The molecule has 3 heterocycles. The molecular formula is C21H27N5O3. The van der Waals surface area contributed by atoms with Crippen molar-refractivity contribution < 1.29 is 9.53 Å². The Morgan fingerprint density at radius 1 is 1.24 bits per heavy atom. The van der Waals surface area contributed by atoms with E-state index in [1.807, 2.05) is 35.8 Å². The standard InChI is InChI=1S/C21H27N5O3/c1-15(20(27)22-8-5-9-25-10-12-29-13-11-25)26-18-7-4-3-6-16(18)17-14-23-24(2)21(28)19(17)26/h3-4,6-7,14-15H,5,8-13H2,1-2H3,(H,22,27)/t15-/m0/s1. The van der Waals surface area contributed by atoms with Gasteiger partial charge in [0, 0.05) is 37.5 Å². The molecule has 1 aromatic carbocycles. The summed E-state index contributed by atoms with van der Waals surface area (Å²) in [6.07, 6.45) is 2.58. The van der Waals surface area contributed by atoms with Gasteiger partial charge in [-0.15, -0.1) is 0 Å². The number of carbonyl (C=O) groups excluding carboxylic acids is 1. The molecule has 4 rings (SSSR count). The highest BCUT2D eigenvalue weighted by Gasteiger charge is 2.23. The number of hydrogen-bond acceptors (Lipinski definition) is 5. The van der Waals surface area contributed by atoms with Gasteiger partial charge in [0.25, 0.3) is 5.56 Å². The fourth-order valence-corrected chi connectivity index (χ4v) is 3.99. The van der Waals surface area contributed by atoms with Crippen molar-refractivity contribution in [2.75, 3.05) is 39.4 Å². The Labute approximate surface area is 169 Å². The summed E-state index contributed by atoms with van der Waals surface area (Å²) in [5.41, 5.74) is 1.17. The van der Waals surface area contributed by atoms with Crippen LogP contribution in [0, 0.1) is 0 Å². The molecule has 1 saturated heterocycles. The number of morpholine rings is 1. The van der Waals surface area contributed by atoms with Gasteiger partial charge in [0.15, 0.2) is 0 Å². The second-order valence-electron chi connectivity index (χ2n) is 7.50. The minimum absolute atomic E-state index is 0.0894. The second kappa shape index (κ2) is 8.34. The van der Waals surface area contributed by atoms with Crippen LogP contribution in [0.25, 0.3) is 21.8 Å². The zero-order valence-electron chi connectivity index (χ0n) is 16.9. The number of nitrogens with one attached hydrogen (secondary N) is 1. The molecule has 2 aromatic heterocycles. The lowest BCUT2D eigenvalue weighted by atomic mass is 10.2. The molecule has 1 atom stereocenters. The van der Waals surface area contributed by atoms with Crippen molar-refractivity contribution in [3.05, 3.63) is 40.8 Å². The van der Waals surface area contributed by atoms with Crippen LogP contribution in [-0.2, 0) is 16.6 Å². The maximum Gasteiger partial charge on any atom is 0.291 e. The average molecular weight is 397 g/mol. The van der Waals surface area contributed by atoms with Crippen LogP contribution < -0.4 is 10.9 Å². The number of hydrogen-bond donors (Lipinski definition) is 1. The monoisotopic (exact) mass is 397 g/mol. The summed E-state index contributed by atoms with van der Waals surface area (Å²) in [7, 11) is 1.63. The van der Waals surface area contributed by atoms with E-state index in [9.17, 15) is 9.59 Å². The Kier molecular flexibility index (Phi) is 5.64. The van der Waals surface area contributed by atoms with Crippen LogP contribution in [-0.4, -0.2) is 64.5 Å². The normalized spacial score (nSPS) is 16.3. The third kappa shape index (κ3) is 3.77. The molecule has 29 heavy (non-hydrogen) atoms. The third-order valence-electron chi connectivity index (χ3n) is 5.63. The highest BCUT2D eigenvalue weighted by Crippen LogP contribution is 2.29. The summed E-state index contributed by atoms with van der Waals surface area (Å²) in [6.45, 7) is 6.84. The first-order chi connectivity index (χ1) is 14.1. The van der Waals surface area contributed by atoms with Crippen molar-refractivity contribution >= 4 is 27.7 Å². The summed E-state index contributed by atoms with van der Waals surface area (Å²) in [6, 6.07) is 7.25. The van der Waals surface area contributed by atoms with E-state index < -0.39 is 6.04 Å². The van der Waals surface area contributed by atoms with Gasteiger partial charge in [0.1, 0.15) is 11.6 Å². The molecular weight excluding hydrogens is 370 g/mol. The van der Waals surface area contributed by atoms with Crippen molar-refractivity contribution in [3.63, 3.8) is 0 Å². The Bertz CT molecular complexity index is 1080. The van der Waals surface area contributed by atoms with Crippen LogP contribution in [0.4, 0.5) is 0 Å². The molecule has 1 aliphatic heterocycles. The number of aromatic nitrogens is 3. The van der Waals surface area contributed by atoms with Gasteiger partial charge in [0.2, 0.25) is 5.91 Å². The van der Waals surface area contributed by atoms with Gasteiger partial charge in [0.05, 0.1) is 24.9 Å². The molecule has 0 radical (unpaired) electrons. The van der Waals surface area contributed by atoms with E-state index in [-0.39, 0.29) is 11.5 Å². The first-order valence-electron chi connectivity index (χ1n) is 10.1. The Morgan fingerprint density at radius 3 is 2.79 bits per heavy atom. The van der Waals surface area contributed by atoms with E-state index in [0.29, 0.717) is 12.1 Å². The summed E-state index contributed by atoms with van der Waals surface area (Å²) in [4.78, 5) is 28.0. The highest BCUT2D eigenvalue weighted by atomic mass is 16.5. The van der Waals surface area contributed by atoms with Gasteiger partial charge in [-0.05, 0) is 26.0 Å². The highest BCUT2D eigenvalue weighted by molar-refractivity contribution is 6.08. The van der Waals surface area contributed by atoms with E-state index in [2.05, 4.69) is 15.3 Å². The minimum atomic E-state index is -0.504. The first-order valence-corrected chi connectivity index (χ1v) is 10.1. The zero-order chi connectivity index (χ0) is 20.4. The van der Waals surface area contributed by atoms with Gasteiger partial charge in [-0.3, -0.25) is 14.5 Å². The predicted molar refractivity (Wildman–Crippen MR) is 112 cm³/mol. The fourth-order valence-electron chi connectivity index (χ4n) is 3.99. The van der Waals surface area contributed by atoms with Crippen LogP contribution in [0.5, 0.6) is 0 Å². The molecule has 0 unspecified atom stereocenters. The van der Waals surface area contributed by atoms with Gasteiger partial charge in [-0.25, -0.2) is 4.68 Å². The molecule has 0 spiro atoms. The van der Waals surface area contributed by atoms with E-state index in [0.717, 1.165) is 55.6 Å². The minimum Gasteiger partial charge on any atom is -0.379 e. The van der Waals surface area contributed by atoms with Gasteiger partial charge < -0.3 is 14.6 Å². The number of fused-ring (bicyclic) bond motifs is 3. The summed E-state index contributed by atoms with van der Waals surface area (Å²) in [5, 5.41) is 8.89. The lowest BCUT2D eigenvalue weighted by Gasteiger charge is -2.26. The Balaban J connectivity index is 1.54. The van der Waals surface area contributed by atoms with E-state index in [1.54, 1.807) is 13.2 Å². The molecule has 0 bridgehead atoms. The number of carbonyl (C=O) groups is 1. The summed E-state index contributed by atoms with van der Waals surface area (Å²) >= 11 is 0. The molecule has 1 amide bonds. The summed E-state index contributed by atoms with van der Waals surface area (Å²) in [5.74, 6) is -0.0894. The first kappa shape index (κ1) is 19.6. The number of amides is 1. The zero-order valence-corrected chi connectivity index (χ0v) is 16.9. The number of ether oxygens (including phenoxy) is 1. The van der Waals surface area contributed by atoms with Crippen molar-refractivity contribution in [2.24, 2.45) is 7.05 Å². The number of rotatable bonds is 6. The fraction of sp³-hybridized carbons (Fsp3) is 0.476. The average Bonchev–Trinajstić information content (AvgIpc) is 3.09. The van der Waals surface area contributed by atoms with Gasteiger partial charge in [-0.2, -0.15) is 5.10 Å². The van der Waals surface area contributed by atoms with E-state index >= 15 is 0 Å². The predicted octanol–water partition coefficient (Wildman–Crippen LogP) is 1.29. The van der Waals surface area contributed by atoms with Crippen molar-refractivity contribution in [3.8, 4) is 0 Å². The van der Waals surface area contributed by atoms with E-state index in [1.165, 1.54) is 4.68 Å². The number of nitrogens with zero attached hydrogens (tertiary/aromatic N) is 4. The molecule has 0 saturated carbocycles. The molecule has 154 valence electrons. The number of benzene rings is 1. The maximum absolute atomic E-state index is 12.9. The molecule has 8 nitrogen and oxygen atoms in total. The van der Waals surface area contributed by atoms with Crippen LogP contribution in [0.2, 0.25) is 0 Å².